The number of pyridine rings is 1. The number of rotatable bonds is 4. The summed E-state index contributed by atoms with van der Waals surface area (Å²) in [5.74, 6) is -0.969. The fraction of sp³-hybridized carbons (Fsp3) is 0.130. The predicted molar refractivity (Wildman–Crippen MR) is 118 cm³/mol. The molecule has 0 aliphatic carbocycles. The van der Waals surface area contributed by atoms with Gasteiger partial charge in [-0.2, -0.15) is 0 Å². The molecule has 1 aromatic heterocycles. The van der Waals surface area contributed by atoms with Crippen molar-refractivity contribution >= 4 is 40.7 Å². The summed E-state index contributed by atoms with van der Waals surface area (Å²) in [7, 11) is 0. The van der Waals surface area contributed by atoms with Gasteiger partial charge in [0.15, 0.2) is 0 Å². The molecule has 0 saturated heterocycles. The van der Waals surface area contributed by atoms with E-state index in [0.717, 1.165) is 5.56 Å². The van der Waals surface area contributed by atoms with Crippen LogP contribution >= 0.6 is 11.6 Å². The minimum Gasteiger partial charge on any atom is -0.325 e. The highest BCUT2D eigenvalue weighted by molar-refractivity contribution is 6.30. The Kier molecular flexibility index (Phi) is 5.95. The smallest absolute Gasteiger partial charge is 0.254 e. The van der Waals surface area contributed by atoms with Crippen molar-refractivity contribution in [2.24, 2.45) is 0 Å². The first kappa shape index (κ1) is 20.6. The van der Waals surface area contributed by atoms with Gasteiger partial charge in [-0.25, -0.2) is 0 Å². The van der Waals surface area contributed by atoms with E-state index in [2.05, 4.69) is 10.3 Å². The molecule has 0 radical (unpaired) electrons. The Labute approximate surface area is 184 Å². The van der Waals surface area contributed by atoms with E-state index in [1.165, 1.54) is 16.0 Å². The van der Waals surface area contributed by atoms with Gasteiger partial charge in [0, 0.05) is 29.0 Å². The lowest BCUT2D eigenvalue weighted by molar-refractivity contribution is -0.122. The predicted octanol–water partition coefficient (Wildman–Crippen LogP) is 3.36. The highest BCUT2D eigenvalue weighted by Gasteiger charge is 2.30. The monoisotopic (exact) mass is 434 g/mol. The number of aromatic nitrogens is 1. The lowest BCUT2D eigenvalue weighted by Gasteiger charge is -2.22. The van der Waals surface area contributed by atoms with E-state index < -0.39 is 0 Å². The molecular weight excluding hydrogens is 416 g/mol. The van der Waals surface area contributed by atoms with Crippen LogP contribution in [-0.4, -0.2) is 40.7 Å². The Hall–Kier alpha value is -3.71. The molecule has 0 saturated carbocycles. The first-order chi connectivity index (χ1) is 15.0. The van der Waals surface area contributed by atoms with Crippen molar-refractivity contribution < 1.29 is 14.4 Å². The zero-order valence-corrected chi connectivity index (χ0v) is 17.2. The largest absolute Gasteiger partial charge is 0.325 e. The second-order valence-corrected chi connectivity index (χ2v) is 7.50. The van der Waals surface area contributed by atoms with Crippen LogP contribution in [0, 0.1) is 0 Å². The number of carbonyl (C=O) groups excluding carboxylic acids is 3. The van der Waals surface area contributed by atoms with Crippen molar-refractivity contribution in [3.8, 4) is 0 Å². The summed E-state index contributed by atoms with van der Waals surface area (Å²) >= 11 is 5.92. The number of nitrogens with zero attached hydrogens (tertiary/aromatic N) is 3. The molecule has 0 fully saturated rings. The summed E-state index contributed by atoms with van der Waals surface area (Å²) in [6.07, 6.45) is 3.14. The highest BCUT2D eigenvalue weighted by atomic mass is 35.5. The van der Waals surface area contributed by atoms with Crippen molar-refractivity contribution in [1.29, 1.82) is 0 Å². The van der Waals surface area contributed by atoms with Gasteiger partial charge in [-0.15, -0.1) is 0 Å². The molecule has 7 nitrogen and oxygen atoms in total. The van der Waals surface area contributed by atoms with E-state index >= 15 is 0 Å². The third-order valence-corrected chi connectivity index (χ3v) is 5.15. The molecule has 8 heteroatoms. The summed E-state index contributed by atoms with van der Waals surface area (Å²) in [4.78, 5) is 45.5. The molecule has 3 aromatic rings. The molecule has 1 aliphatic heterocycles. The van der Waals surface area contributed by atoms with Crippen molar-refractivity contribution in [3.63, 3.8) is 0 Å². The number of hydrogen-bond donors (Lipinski definition) is 1. The summed E-state index contributed by atoms with van der Waals surface area (Å²) in [6, 6.07) is 17.2. The average molecular weight is 435 g/mol. The van der Waals surface area contributed by atoms with Gasteiger partial charge in [-0.05, 0) is 48.0 Å². The molecule has 0 spiro atoms. The minimum absolute atomic E-state index is 0.143. The Bertz CT molecular complexity index is 1120. The number of carbonyl (C=O) groups is 3. The van der Waals surface area contributed by atoms with E-state index in [0.29, 0.717) is 22.0 Å². The Balaban J connectivity index is 1.57. The zero-order chi connectivity index (χ0) is 21.8. The number of nitrogens with one attached hydrogen (secondary N) is 1. The topological polar surface area (TPSA) is 82.6 Å². The van der Waals surface area contributed by atoms with Crippen LogP contribution in [0.2, 0.25) is 5.02 Å². The lowest BCUT2D eigenvalue weighted by Crippen LogP contribution is -2.43. The number of hydrogen-bond acceptors (Lipinski definition) is 4. The van der Waals surface area contributed by atoms with Crippen LogP contribution in [0.4, 0.5) is 11.4 Å². The normalized spacial score (nSPS) is 13.4. The first-order valence-corrected chi connectivity index (χ1v) is 10.0. The van der Waals surface area contributed by atoms with Crippen LogP contribution < -0.4 is 10.2 Å². The van der Waals surface area contributed by atoms with Gasteiger partial charge < -0.3 is 15.1 Å². The Morgan fingerprint density at radius 2 is 1.77 bits per heavy atom. The van der Waals surface area contributed by atoms with Gasteiger partial charge in [-0.3, -0.25) is 19.4 Å². The number of anilines is 2. The van der Waals surface area contributed by atoms with Crippen molar-refractivity contribution in [3.05, 3.63) is 89.2 Å². The molecule has 0 unspecified atom stereocenters. The van der Waals surface area contributed by atoms with Gasteiger partial charge in [0.05, 0.1) is 11.9 Å². The minimum atomic E-state index is -0.353. The fourth-order valence-corrected chi connectivity index (χ4v) is 3.55. The quantitative estimate of drug-likeness (QED) is 0.682. The molecule has 0 atom stereocenters. The number of para-hydroxylation sites is 1. The molecule has 0 bridgehead atoms. The third kappa shape index (κ3) is 4.73. The van der Waals surface area contributed by atoms with E-state index in [4.69, 9.17) is 11.6 Å². The van der Waals surface area contributed by atoms with E-state index in [9.17, 15) is 14.4 Å². The molecule has 3 amide bonds. The average Bonchev–Trinajstić information content (AvgIpc) is 2.91. The maximum atomic E-state index is 13.1. The summed E-state index contributed by atoms with van der Waals surface area (Å²) in [5.41, 5.74) is 2.38. The zero-order valence-electron chi connectivity index (χ0n) is 16.5. The van der Waals surface area contributed by atoms with E-state index in [-0.39, 0.29) is 37.4 Å². The van der Waals surface area contributed by atoms with Crippen LogP contribution in [0.15, 0.2) is 73.1 Å². The standard InChI is InChI=1S/C23H19ClN4O3/c24-18-9-7-16(8-10-18)23(31)27-13-17-4-1-2-6-20(17)28(22(30)15-27)14-21(29)26-19-5-3-11-25-12-19/h1-12H,13-15H2,(H,26,29). The van der Waals surface area contributed by atoms with Gasteiger partial charge in [0.2, 0.25) is 11.8 Å². The first-order valence-electron chi connectivity index (χ1n) is 9.64. The van der Waals surface area contributed by atoms with Crippen LogP contribution in [0.3, 0.4) is 0 Å². The molecule has 31 heavy (non-hydrogen) atoms. The van der Waals surface area contributed by atoms with Crippen LogP contribution in [0.1, 0.15) is 15.9 Å². The van der Waals surface area contributed by atoms with Crippen molar-refractivity contribution in [1.82, 2.24) is 9.88 Å². The molecule has 1 aliphatic rings. The fourth-order valence-electron chi connectivity index (χ4n) is 3.43. The maximum Gasteiger partial charge on any atom is 0.254 e. The highest BCUT2D eigenvalue weighted by Crippen LogP contribution is 2.26. The van der Waals surface area contributed by atoms with Gasteiger partial charge in [0.25, 0.3) is 5.91 Å². The molecule has 4 rings (SSSR count). The van der Waals surface area contributed by atoms with Crippen molar-refractivity contribution in [2.45, 2.75) is 6.54 Å². The Morgan fingerprint density at radius 1 is 1.00 bits per heavy atom. The number of fused-ring (bicyclic) bond motifs is 1. The van der Waals surface area contributed by atoms with Gasteiger partial charge >= 0.3 is 0 Å². The van der Waals surface area contributed by atoms with E-state index in [1.807, 2.05) is 12.1 Å². The molecule has 156 valence electrons. The summed E-state index contributed by atoms with van der Waals surface area (Å²) in [5, 5.41) is 3.27. The summed E-state index contributed by atoms with van der Waals surface area (Å²) in [6.45, 7) is -0.0614. The van der Waals surface area contributed by atoms with Crippen molar-refractivity contribution in [2.75, 3.05) is 23.3 Å². The Morgan fingerprint density at radius 3 is 2.52 bits per heavy atom. The second-order valence-electron chi connectivity index (χ2n) is 7.07. The molecule has 1 N–H and O–H groups in total. The van der Waals surface area contributed by atoms with Crippen LogP contribution in [-0.2, 0) is 16.1 Å². The van der Waals surface area contributed by atoms with Crippen LogP contribution in [0.5, 0.6) is 0 Å². The van der Waals surface area contributed by atoms with E-state index in [1.54, 1.807) is 54.7 Å². The van der Waals surface area contributed by atoms with Crippen LogP contribution in [0.25, 0.3) is 0 Å². The lowest BCUT2D eigenvalue weighted by atomic mass is 10.1. The van der Waals surface area contributed by atoms with Gasteiger partial charge in [-0.1, -0.05) is 29.8 Å². The number of halogens is 1. The molecular formula is C23H19ClN4O3. The number of amides is 3. The summed E-state index contributed by atoms with van der Waals surface area (Å²) < 4.78 is 0. The molecule has 2 heterocycles. The van der Waals surface area contributed by atoms with Gasteiger partial charge in [0.1, 0.15) is 13.1 Å². The second kappa shape index (κ2) is 8.97. The maximum absolute atomic E-state index is 13.1. The SMILES string of the molecule is O=C(CN1C(=O)CN(C(=O)c2ccc(Cl)cc2)Cc2ccccc21)Nc1cccnc1. The molecule has 2 aromatic carbocycles. The number of benzene rings is 2. The third-order valence-electron chi connectivity index (χ3n) is 4.90.